The summed E-state index contributed by atoms with van der Waals surface area (Å²) >= 11 is 0. The molecule has 0 fully saturated rings. The SMILES string of the molecule is CCC[C@@H](N)C(=O)NCCCn1ccc2ccccc21. The Hall–Kier alpha value is -1.81. The van der Waals surface area contributed by atoms with Crippen LogP contribution in [0.1, 0.15) is 26.2 Å². The summed E-state index contributed by atoms with van der Waals surface area (Å²) in [6.45, 7) is 3.60. The van der Waals surface area contributed by atoms with Crippen LogP contribution in [0.5, 0.6) is 0 Å². The molecule has 0 unspecified atom stereocenters. The molecule has 1 aromatic heterocycles. The van der Waals surface area contributed by atoms with E-state index in [0.29, 0.717) is 6.54 Å². The minimum absolute atomic E-state index is 0.0378. The number of carbonyl (C=O) groups excluding carboxylic acids is 1. The van der Waals surface area contributed by atoms with Crippen LogP contribution in [-0.2, 0) is 11.3 Å². The van der Waals surface area contributed by atoms with Crippen molar-refractivity contribution in [3.05, 3.63) is 36.5 Å². The first-order chi connectivity index (χ1) is 9.72. The number of hydrogen-bond acceptors (Lipinski definition) is 2. The number of benzene rings is 1. The first kappa shape index (κ1) is 14.6. The molecule has 1 heterocycles. The fourth-order valence-corrected chi connectivity index (χ4v) is 2.37. The Morgan fingerprint density at radius 2 is 2.15 bits per heavy atom. The van der Waals surface area contributed by atoms with Gasteiger partial charge < -0.3 is 15.6 Å². The maximum Gasteiger partial charge on any atom is 0.236 e. The third-order valence-electron chi connectivity index (χ3n) is 3.49. The van der Waals surface area contributed by atoms with Crippen molar-refractivity contribution in [2.75, 3.05) is 6.54 Å². The second-order valence-electron chi connectivity index (χ2n) is 5.11. The third kappa shape index (κ3) is 3.61. The number of nitrogens with zero attached hydrogens (tertiary/aromatic N) is 1. The first-order valence-electron chi connectivity index (χ1n) is 7.29. The average Bonchev–Trinajstić information content (AvgIpc) is 2.87. The molecule has 0 radical (unpaired) electrons. The molecule has 108 valence electrons. The van der Waals surface area contributed by atoms with Crippen molar-refractivity contribution in [1.82, 2.24) is 9.88 Å². The summed E-state index contributed by atoms with van der Waals surface area (Å²) in [5.41, 5.74) is 7.00. The number of para-hydroxylation sites is 1. The largest absolute Gasteiger partial charge is 0.355 e. The molecule has 0 bridgehead atoms. The predicted molar refractivity (Wildman–Crippen MR) is 82.4 cm³/mol. The zero-order valence-corrected chi connectivity index (χ0v) is 12.0. The number of amides is 1. The minimum atomic E-state index is -0.368. The van der Waals surface area contributed by atoms with Gasteiger partial charge in [-0.2, -0.15) is 0 Å². The highest BCUT2D eigenvalue weighted by molar-refractivity contribution is 5.81. The molecule has 0 aliphatic rings. The van der Waals surface area contributed by atoms with Gasteiger partial charge in [-0.05, 0) is 30.4 Å². The number of nitrogens with two attached hydrogens (primary N) is 1. The fraction of sp³-hybridized carbons (Fsp3) is 0.438. The van der Waals surface area contributed by atoms with E-state index < -0.39 is 0 Å². The summed E-state index contributed by atoms with van der Waals surface area (Å²) < 4.78 is 2.22. The van der Waals surface area contributed by atoms with Gasteiger partial charge in [0.15, 0.2) is 0 Å². The highest BCUT2D eigenvalue weighted by atomic mass is 16.2. The van der Waals surface area contributed by atoms with E-state index in [2.05, 4.69) is 34.3 Å². The average molecular weight is 273 g/mol. The lowest BCUT2D eigenvalue weighted by atomic mass is 10.1. The summed E-state index contributed by atoms with van der Waals surface area (Å²) in [5, 5.41) is 4.15. The standard InChI is InChI=1S/C16H23N3O/c1-2-6-14(17)16(20)18-10-5-11-19-12-9-13-7-3-4-8-15(13)19/h3-4,7-9,12,14H,2,5-6,10-11,17H2,1H3,(H,18,20)/t14-/m1/s1. The topological polar surface area (TPSA) is 60.1 Å². The summed E-state index contributed by atoms with van der Waals surface area (Å²) in [4.78, 5) is 11.7. The molecule has 4 heteroatoms. The zero-order valence-electron chi connectivity index (χ0n) is 12.0. The zero-order chi connectivity index (χ0) is 14.4. The van der Waals surface area contributed by atoms with Gasteiger partial charge in [-0.15, -0.1) is 0 Å². The predicted octanol–water partition coefficient (Wildman–Crippen LogP) is 2.28. The molecular formula is C16H23N3O. The van der Waals surface area contributed by atoms with Crippen molar-refractivity contribution in [2.24, 2.45) is 5.73 Å². The Bertz CT molecular complexity index is 562. The highest BCUT2D eigenvalue weighted by Crippen LogP contribution is 2.15. The number of aromatic nitrogens is 1. The second kappa shape index (κ2) is 7.10. The van der Waals surface area contributed by atoms with Crippen LogP contribution in [0.2, 0.25) is 0 Å². The maximum absolute atomic E-state index is 11.7. The molecular weight excluding hydrogens is 250 g/mol. The Balaban J connectivity index is 1.77. The number of fused-ring (bicyclic) bond motifs is 1. The van der Waals surface area contributed by atoms with Gasteiger partial charge in [-0.25, -0.2) is 0 Å². The molecule has 0 aliphatic carbocycles. The molecule has 20 heavy (non-hydrogen) atoms. The lowest BCUT2D eigenvalue weighted by Crippen LogP contribution is -2.40. The van der Waals surface area contributed by atoms with Crippen molar-refractivity contribution in [1.29, 1.82) is 0 Å². The van der Waals surface area contributed by atoms with E-state index in [1.165, 1.54) is 10.9 Å². The Morgan fingerprint density at radius 3 is 2.95 bits per heavy atom. The first-order valence-corrected chi connectivity index (χ1v) is 7.29. The van der Waals surface area contributed by atoms with Crippen molar-refractivity contribution >= 4 is 16.8 Å². The molecule has 1 aromatic carbocycles. The molecule has 2 rings (SSSR count). The van der Waals surface area contributed by atoms with Crippen molar-refractivity contribution < 1.29 is 4.79 Å². The normalized spacial score (nSPS) is 12.5. The molecule has 0 aliphatic heterocycles. The summed E-state index contributed by atoms with van der Waals surface area (Å²) in [6, 6.07) is 10.1. The number of aryl methyl sites for hydroxylation is 1. The van der Waals surface area contributed by atoms with E-state index >= 15 is 0 Å². The Morgan fingerprint density at radius 1 is 1.35 bits per heavy atom. The summed E-state index contributed by atoms with van der Waals surface area (Å²) in [7, 11) is 0. The smallest absolute Gasteiger partial charge is 0.236 e. The van der Waals surface area contributed by atoms with E-state index in [0.717, 1.165) is 25.8 Å². The number of carbonyl (C=O) groups is 1. The van der Waals surface area contributed by atoms with Gasteiger partial charge in [0.05, 0.1) is 6.04 Å². The van der Waals surface area contributed by atoms with Crippen LogP contribution in [0.3, 0.4) is 0 Å². The fourth-order valence-electron chi connectivity index (χ4n) is 2.37. The quantitative estimate of drug-likeness (QED) is 0.760. The van der Waals surface area contributed by atoms with Crippen LogP contribution >= 0.6 is 0 Å². The molecule has 3 N–H and O–H groups in total. The van der Waals surface area contributed by atoms with Crippen LogP contribution in [0.25, 0.3) is 10.9 Å². The van der Waals surface area contributed by atoms with E-state index in [9.17, 15) is 4.79 Å². The van der Waals surface area contributed by atoms with Gasteiger partial charge in [0.1, 0.15) is 0 Å². The van der Waals surface area contributed by atoms with Gasteiger partial charge in [0, 0.05) is 24.8 Å². The minimum Gasteiger partial charge on any atom is -0.355 e. The van der Waals surface area contributed by atoms with Crippen LogP contribution < -0.4 is 11.1 Å². The van der Waals surface area contributed by atoms with Crippen molar-refractivity contribution in [3.63, 3.8) is 0 Å². The maximum atomic E-state index is 11.7. The van der Waals surface area contributed by atoms with Crippen molar-refractivity contribution in [2.45, 2.75) is 38.8 Å². The monoisotopic (exact) mass is 273 g/mol. The lowest BCUT2D eigenvalue weighted by molar-refractivity contribution is -0.122. The van der Waals surface area contributed by atoms with Gasteiger partial charge >= 0.3 is 0 Å². The van der Waals surface area contributed by atoms with Gasteiger partial charge in [-0.1, -0.05) is 31.5 Å². The second-order valence-corrected chi connectivity index (χ2v) is 5.11. The van der Waals surface area contributed by atoms with E-state index in [-0.39, 0.29) is 11.9 Å². The van der Waals surface area contributed by atoms with E-state index in [1.54, 1.807) is 0 Å². The van der Waals surface area contributed by atoms with Gasteiger partial charge in [-0.3, -0.25) is 4.79 Å². The van der Waals surface area contributed by atoms with Crippen molar-refractivity contribution in [3.8, 4) is 0 Å². The number of nitrogens with one attached hydrogen (secondary N) is 1. The van der Waals surface area contributed by atoms with E-state index in [1.807, 2.05) is 19.1 Å². The molecule has 0 saturated carbocycles. The molecule has 1 atom stereocenters. The molecule has 4 nitrogen and oxygen atoms in total. The van der Waals surface area contributed by atoms with Gasteiger partial charge in [0.25, 0.3) is 0 Å². The summed E-state index contributed by atoms with van der Waals surface area (Å²) in [5.74, 6) is -0.0378. The van der Waals surface area contributed by atoms with Crippen LogP contribution in [-0.4, -0.2) is 23.1 Å². The number of hydrogen-bond donors (Lipinski definition) is 2. The third-order valence-corrected chi connectivity index (χ3v) is 3.49. The van der Waals surface area contributed by atoms with Crippen LogP contribution in [0.4, 0.5) is 0 Å². The lowest BCUT2D eigenvalue weighted by Gasteiger charge is -2.11. The Kier molecular flexibility index (Phi) is 5.18. The molecule has 2 aromatic rings. The van der Waals surface area contributed by atoms with Gasteiger partial charge in [0.2, 0.25) is 5.91 Å². The number of rotatable bonds is 7. The highest BCUT2D eigenvalue weighted by Gasteiger charge is 2.10. The molecule has 1 amide bonds. The Labute approximate surface area is 120 Å². The van der Waals surface area contributed by atoms with Crippen LogP contribution in [0, 0.1) is 0 Å². The molecule has 0 spiro atoms. The van der Waals surface area contributed by atoms with Crippen LogP contribution in [0.15, 0.2) is 36.5 Å². The van der Waals surface area contributed by atoms with E-state index in [4.69, 9.17) is 5.73 Å². The molecule has 0 saturated heterocycles. The summed E-state index contributed by atoms with van der Waals surface area (Å²) in [6.07, 6.45) is 4.68.